The first-order valence-electron chi connectivity index (χ1n) is 12.5. The Hall–Kier alpha value is -4.98. The highest BCUT2D eigenvalue weighted by Gasteiger charge is 2.38. The van der Waals surface area contributed by atoms with Crippen molar-refractivity contribution in [3.8, 4) is 11.5 Å². The highest BCUT2D eigenvalue weighted by molar-refractivity contribution is 6.33. The molecule has 1 unspecified atom stereocenters. The van der Waals surface area contributed by atoms with Gasteiger partial charge in [0.15, 0.2) is 11.5 Å². The van der Waals surface area contributed by atoms with E-state index in [4.69, 9.17) is 42.1 Å². The van der Waals surface area contributed by atoms with Crippen LogP contribution in [0.5, 0.6) is 11.5 Å². The van der Waals surface area contributed by atoms with Crippen LogP contribution in [0.3, 0.4) is 0 Å². The number of carboxylic acid groups (broad SMARTS) is 1. The number of nitrogen functional groups attached to an aromatic ring is 1. The van der Waals surface area contributed by atoms with E-state index in [-0.39, 0.29) is 16.4 Å². The number of carbonyl (C=O) groups excluding carboxylic acids is 2. The van der Waals surface area contributed by atoms with Crippen molar-refractivity contribution < 1.29 is 42.1 Å². The van der Waals surface area contributed by atoms with Gasteiger partial charge in [0, 0.05) is 11.3 Å². The molecule has 3 rings (SSSR count). The zero-order chi connectivity index (χ0) is 32.2. The van der Waals surface area contributed by atoms with Gasteiger partial charge in [0.05, 0.1) is 23.8 Å². The van der Waals surface area contributed by atoms with E-state index in [9.17, 15) is 22.8 Å². The Bertz CT molecular complexity index is 1440. The van der Waals surface area contributed by atoms with Crippen LogP contribution < -0.4 is 31.4 Å². The first-order valence-corrected chi connectivity index (χ1v) is 12.9. The highest BCUT2D eigenvalue weighted by Crippen LogP contribution is 2.32. The summed E-state index contributed by atoms with van der Waals surface area (Å²) >= 11 is 6.09. The van der Waals surface area contributed by atoms with Crippen LogP contribution in [0.2, 0.25) is 5.02 Å². The third kappa shape index (κ3) is 10.4. The fourth-order valence-electron chi connectivity index (χ4n) is 3.36. The second kappa shape index (κ2) is 15.9. The molecule has 1 atom stereocenters. The number of nitrogens with one attached hydrogen (secondary N) is 4. The zero-order valence-electron chi connectivity index (χ0n) is 22.9. The normalized spacial score (nSPS) is 11.2. The molecule has 0 aliphatic rings. The predicted octanol–water partition coefficient (Wildman–Crippen LogP) is 4.67. The van der Waals surface area contributed by atoms with Crippen molar-refractivity contribution in [2.75, 3.05) is 18.5 Å². The number of ether oxygens (including phenoxy) is 2. The zero-order valence-corrected chi connectivity index (χ0v) is 23.7. The summed E-state index contributed by atoms with van der Waals surface area (Å²) in [6.07, 6.45) is -5.08. The minimum absolute atomic E-state index is 0.0639. The quantitative estimate of drug-likeness (QED) is 0.107. The molecular formula is C28H29ClF3N5O6. The molecule has 230 valence electrons. The average molecular weight is 624 g/mol. The first kappa shape index (κ1) is 34.2. The van der Waals surface area contributed by atoms with Gasteiger partial charge in [-0.3, -0.25) is 25.8 Å². The molecule has 0 saturated carbocycles. The number of carboxylic acids is 1. The lowest BCUT2D eigenvalue weighted by Gasteiger charge is -2.22. The molecule has 0 aliphatic heterocycles. The van der Waals surface area contributed by atoms with Crippen molar-refractivity contribution in [1.82, 2.24) is 10.9 Å². The molecule has 7 N–H and O–H groups in total. The van der Waals surface area contributed by atoms with E-state index in [0.717, 1.165) is 0 Å². The molecule has 3 aromatic carbocycles. The molecule has 0 aliphatic carbocycles. The number of nitrogens with two attached hydrogens (primary N) is 1. The van der Waals surface area contributed by atoms with Gasteiger partial charge >= 0.3 is 12.1 Å². The number of hydrogen-bond acceptors (Lipinski definition) is 7. The Labute approximate surface area is 249 Å². The number of aliphatic carboxylic acids is 1. The molecule has 0 heterocycles. The van der Waals surface area contributed by atoms with Crippen LogP contribution in [0.25, 0.3) is 0 Å². The van der Waals surface area contributed by atoms with E-state index < -0.39 is 30.0 Å². The van der Waals surface area contributed by atoms with Gasteiger partial charge in [0.2, 0.25) is 0 Å². The Kier molecular flexibility index (Phi) is 12.6. The monoisotopic (exact) mass is 623 g/mol. The maximum absolute atomic E-state index is 13.3. The molecule has 11 nitrogen and oxygen atoms in total. The minimum Gasteiger partial charge on any atom is -0.490 e. The van der Waals surface area contributed by atoms with Gasteiger partial charge in [-0.05, 0) is 67.9 Å². The van der Waals surface area contributed by atoms with Gasteiger partial charge < -0.3 is 25.6 Å². The number of amides is 2. The highest BCUT2D eigenvalue weighted by atomic mass is 35.5. The van der Waals surface area contributed by atoms with Gasteiger partial charge in [0.1, 0.15) is 11.9 Å². The smallest absolute Gasteiger partial charge is 0.490 e. The molecule has 0 saturated heterocycles. The van der Waals surface area contributed by atoms with Gasteiger partial charge in [-0.25, -0.2) is 4.79 Å². The van der Waals surface area contributed by atoms with E-state index in [0.29, 0.717) is 41.5 Å². The maximum atomic E-state index is 13.3. The third-order valence-electron chi connectivity index (χ3n) is 5.33. The Morgan fingerprint density at radius 2 is 1.53 bits per heavy atom. The van der Waals surface area contributed by atoms with E-state index >= 15 is 0 Å². The number of anilines is 1. The SMILES string of the molecule is CCOc1ccc(C(Nc2ccc(C(=N)N)cc2)C(=O)NNC(=O)c2ccccc2Cl)cc1OCC.O=C(O)C(F)(F)F. The van der Waals surface area contributed by atoms with Crippen molar-refractivity contribution in [3.05, 3.63) is 88.4 Å². The van der Waals surface area contributed by atoms with Crippen molar-refractivity contribution >= 4 is 40.9 Å². The number of halogens is 4. The second-order valence-corrected chi connectivity index (χ2v) is 8.77. The lowest BCUT2D eigenvalue weighted by Crippen LogP contribution is -2.45. The van der Waals surface area contributed by atoms with Crippen LogP contribution in [0.15, 0.2) is 66.7 Å². The molecule has 15 heteroatoms. The van der Waals surface area contributed by atoms with E-state index in [1.807, 2.05) is 13.8 Å². The topological polar surface area (TPSA) is 176 Å². The molecular weight excluding hydrogens is 595 g/mol. The summed E-state index contributed by atoms with van der Waals surface area (Å²) in [6.45, 7) is 4.59. The van der Waals surface area contributed by atoms with Crippen molar-refractivity contribution in [3.63, 3.8) is 0 Å². The standard InChI is InChI=1S/C26H28ClN5O4.C2HF3O2/c1-3-35-21-14-11-17(15-22(21)36-4-2)23(30-18-12-9-16(10-13-18)24(28)29)26(34)32-31-25(33)19-7-5-6-8-20(19)27;3-2(4,5)1(6)7/h5-15,23,30H,3-4H2,1-2H3,(H3,28,29)(H,31,33)(H,32,34);(H,6,7). The van der Waals surface area contributed by atoms with Crippen LogP contribution in [0.1, 0.15) is 41.4 Å². The lowest BCUT2D eigenvalue weighted by molar-refractivity contribution is -0.192. The molecule has 0 fully saturated rings. The average Bonchev–Trinajstić information content (AvgIpc) is 2.96. The van der Waals surface area contributed by atoms with E-state index in [1.165, 1.54) is 0 Å². The van der Waals surface area contributed by atoms with Crippen LogP contribution in [-0.2, 0) is 9.59 Å². The number of amidine groups is 1. The minimum atomic E-state index is -5.08. The molecule has 0 radical (unpaired) electrons. The van der Waals surface area contributed by atoms with E-state index in [2.05, 4.69) is 16.2 Å². The van der Waals surface area contributed by atoms with Gasteiger partial charge in [-0.1, -0.05) is 29.8 Å². The van der Waals surface area contributed by atoms with Crippen molar-refractivity contribution in [2.24, 2.45) is 5.73 Å². The van der Waals surface area contributed by atoms with Gasteiger partial charge in [-0.15, -0.1) is 0 Å². The predicted molar refractivity (Wildman–Crippen MR) is 153 cm³/mol. The molecule has 2 amide bonds. The lowest BCUT2D eigenvalue weighted by atomic mass is 10.0. The summed E-state index contributed by atoms with van der Waals surface area (Å²) < 4.78 is 43.1. The Morgan fingerprint density at radius 3 is 2.07 bits per heavy atom. The van der Waals surface area contributed by atoms with E-state index in [1.54, 1.807) is 66.7 Å². The van der Waals surface area contributed by atoms with Crippen LogP contribution in [-0.4, -0.2) is 48.1 Å². The summed E-state index contributed by atoms with van der Waals surface area (Å²) in [5, 5.41) is 18.1. The Morgan fingerprint density at radius 1 is 0.953 bits per heavy atom. The molecule has 43 heavy (non-hydrogen) atoms. The maximum Gasteiger partial charge on any atom is 0.490 e. The molecule has 0 bridgehead atoms. The molecule has 0 spiro atoms. The number of hydrazine groups is 1. The summed E-state index contributed by atoms with van der Waals surface area (Å²) in [4.78, 5) is 34.7. The summed E-state index contributed by atoms with van der Waals surface area (Å²) in [5.41, 5.74) is 12.4. The van der Waals surface area contributed by atoms with Crippen LogP contribution in [0.4, 0.5) is 18.9 Å². The van der Waals surface area contributed by atoms with Crippen LogP contribution >= 0.6 is 11.6 Å². The number of rotatable bonds is 10. The molecule has 3 aromatic rings. The number of hydrogen-bond donors (Lipinski definition) is 6. The number of carbonyl (C=O) groups is 3. The fourth-order valence-corrected chi connectivity index (χ4v) is 3.58. The third-order valence-corrected chi connectivity index (χ3v) is 5.66. The van der Waals surface area contributed by atoms with Crippen molar-refractivity contribution in [1.29, 1.82) is 5.41 Å². The summed E-state index contributed by atoms with van der Waals surface area (Å²) in [6, 6.07) is 17.5. The van der Waals surface area contributed by atoms with Gasteiger partial charge in [-0.2, -0.15) is 13.2 Å². The van der Waals surface area contributed by atoms with Crippen LogP contribution in [0, 0.1) is 5.41 Å². The first-order chi connectivity index (χ1) is 20.3. The Balaban J connectivity index is 0.000000821. The largest absolute Gasteiger partial charge is 0.490 e. The fraction of sp³-hybridized carbons (Fsp3) is 0.214. The van der Waals surface area contributed by atoms with Crippen molar-refractivity contribution in [2.45, 2.75) is 26.1 Å². The number of alkyl halides is 3. The summed E-state index contributed by atoms with van der Waals surface area (Å²) in [7, 11) is 0. The second-order valence-electron chi connectivity index (χ2n) is 8.37. The summed E-state index contributed by atoms with van der Waals surface area (Å²) in [5.74, 6) is -2.86. The number of benzene rings is 3. The molecule has 0 aromatic heterocycles. The van der Waals surface area contributed by atoms with Gasteiger partial charge in [0.25, 0.3) is 11.8 Å².